The Labute approximate surface area is 155 Å². The predicted molar refractivity (Wildman–Crippen MR) is 100 cm³/mol. The lowest BCUT2D eigenvalue weighted by atomic mass is 10.2. The molecule has 0 bridgehead atoms. The van der Waals surface area contributed by atoms with Crippen LogP contribution in [0.25, 0.3) is 0 Å². The number of hydrogen-bond donors (Lipinski definition) is 1. The number of anilines is 1. The van der Waals surface area contributed by atoms with E-state index in [1.807, 2.05) is 13.0 Å². The number of carbonyl (C=O) groups is 1. The average molecular weight is 405 g/mol. The van der Waals surface area contributed by atoms with Gasteiger partial charge in [0.2, 0.25) is 0 Å². The van der Waals surface area contributed by atoms with Crippen LogP contribution in [0, 0.1) is 6.92 Å². The maximum absolute atomic E-state index is 12.5. The molecule has 1 aliphatic heterocycles. The highest BCUT2D eigenvalue weighted by molar-refractivity contribution is 9.10. The van der Waals surface area contributed by atoms with Crippen LogP contribution in [0.2, 0.25) is 0 Å². The molecule has 0 radical (unpaired) electrons. The van der Waals surface area contributed by atoms with Gasteiger partial charge in [-0.1, -0.05) is 0 Å². The molecule has 1 amide bonds. The Balaban J connectivity index is 1.72. The van der Waals surface area contributed by atoms with Crippen LogP contribution in [0.3, 0.4) is 0 Å². The van der Waals surface area contributed by atoms with Crippen LogP contribution in [-0.2, 0) is 6.54 Å². The number of hydrogen-bond acceptors (Lipinski definition) is 5. The molecule has 1 saturated heterocycles. The fraction of sp³-hybridized carbons (Fsp3) is 0.389. The number of aromatic nitrogens is 2. The van der Waals surface area contributed by atoms with E-state index in [0.29, 0.717) is 21.6 Å². The topological polar surface area (TPSA) is 67.3 Å². The zero-order valence-corrected chi connectivity index (χ0v) is 16.0. The molecule has 1 fully saturated rings. The molecule has 1 aromatic heterocycles. The Kier molecular flexibility index (Phi) is 5.53. The summed E-state index contributed by atoms with van der Waals surface area (Å²) in [6.07, 6.45) is 2.39. The van der Waals surface area contributed by atoms with E-state index >= 15 is 0 Å². The number of benzene rings is 1. The lowest BCUT2D eigenvalue weighted by Crippen LogP contribution is -2.26. The van der Waals surface area contributed by atoms with E-state index in [-0.39, 0.29) is 12.5 Å². The van der Waals surface area contributed by atoms with Crippen molar-refractivity contribution in [3.05, 3.63) is 45.8 Å². The van der Waals surface area contributed by atoms with E-state index in [1.165, 1.54) is 12.8 Å². The van der Waals surface area contributed by atoms with Crippen molar-refractivity contribution in [2.45, 2.75) is 26.3 Å². The zero-order valence-electron chi connectivity index (χ0n) is 14.4. The summed E-state index contributed by atoms with van der Waals surface area (Å²) in [5.74, 6) is 2.00. The van der Waals surface area contributed by atoms with Crippen LogP contribution in [0.15, 0.2) is 28.7 Å². The molecule has 1 N–H and O–H groups in total. The SMILES string of the molecule is COc1ccc(Br)c(C(=O)NCc2nc(C)cc(N3CCCC3)n2)c1. The van der Waals surface area contributed by atoms with E-state index < -0.39 is 0 Å². The Hall–Kier alpha value is -2.15. The first-order valence-electron chi connectivity index (χ1n) is 8.28. The van der Waals surface area contributed by atoms with Gasteiger partial charge in [-0.05, 0) is 53.9 Å². The summed E-state index contributed by atoms with van der Waals surface area (Å²) in [5.41, 5.74) is 1.43. The summed E-state index contributed by atoms with van der Waals surface area (Å²) >= 11 is 3.40. The summed E-state index contributed by atoms with van der Waals surface area (Å²) in [6.45, 7) is 4.29. The molecule has 0 saturated carbocycles. The molecule has 7 heteroatoms. The summed E-state index contributed by atoms with van der Waals surface area (Å²) < 4.78 is 5.90. The number of ether oxygens (including phenoxy) is 1. The molecule has 2 aromatic rings. The van der Waals surface area contributed by atoms with E-state index in [9.17, 15) is 4.79 Å². The quantitative estimate of drug-likeness (QED) is 0.828. The van der Waals surface area contributed by atoms with Crippen molar-refractivity contribution >= 4 is 27.7 Å². The average Bonchev–Trinajstić information content (AvgIpc) is 3.14. The lowest BCUT2D eigenvalue weighted by molar-refractivity contribution is 0.0948. The molecule has 1 aliphatic rings. The Morgan fingerprint density at radius 3 is 2.76 bits per heavy atom. The van der Waals surface area contributed by atoms with Gasteiger partial charge in [0.25, 0.3) is 5.91 Å². The second-order valence-corrected chi connectivity index (χ2v) is 6.86. The molecule has 1 aromatic carbocycles. The largest absolute Gasteiger partial charge is 0.497 e. The molecular formula is C18H21BrN4O2. The monoisotopic (exact) mass is 404 g/mol. The highest BCUT2D eigenvalue weighted by atomic mass is 79.9. The predicted octanol–water partition coefficient (Wildman–Crippen LogP) is 3.09. The Morgan fingerprint density at radius 1 is 1.28 bits per heavy atom. The Bertz CT molecular complexity index is 776. The van der Waals surface area contributed by atoms with Gasteiger partial charge in [0.05, 0.1) is 19.2 Å². The second kappa shape index (κ2) is 7.82. The van der Waals surface area contributed by atoms with Crippen molar-refractivity contribution in [1.82, 2.24) is 15.3 Å². The number of amides is 1. The minimum Gasteiger partial charge on any atom is -0.497 e. The molecule has 6 nitrogen and oxygen atoms in total. The van der Waals surface area contributed by atoms with Gasteiger partial charge in [0.15, 0.2) is 0 Å². The van der Waals surface area contributed by atoms with Crippen molar-refractivity contribution in [3.63, 3.8) is 0 Å². The highest BCUT2D eigenvalue weighted by Gasteiger charge is 2.16. The fourth-order valence-electron chi connectivity index (χ4n) is 2.86. The molecule has 2 heterocycles. The molecule has 25 heavy (non-hydrogen) atoms. The molecule has 0 unspecified atom stereocenters. The smallest absolute Gasteiger partial charge is 0.252 e. The number of methoxy groups -OCH3 is 1. The van der Waals surface area contributed by atoms with Gasteiger partial charge >= 0.3 is 0 Å². The minimum atomic E-state index is -0.196. The van der Waals surface area contributed by atoms with Crippen LogP contribution in [0.1, 0.15) is 34.7 Å². The number of nitrogens with one attached hydrogen (secondary N) is 1. The van der Waals surface area contributed by atoms with Gasteiger partial charge in [-0.2, -0.15) is 0 Å². The van der Waals surface area contributed by atoms with Gasteiger partial charge in [-0.25, -0.2) is 9.97 Å². The molecule has 0 aliphatic carbocycles. The van der Waals surface area contributed by atoms with Gasteiger partial charge in [-0.15, -0.1) is 0 Å². The van der Waals surface area contributed by atoms with Gasteiger partial charge in [-0.3, -0.25) is 4.79 Å². The summed E-state index contributed by atoms with van der Waals surface area (Å²) in [5, 5.41) is 2.88. The third-order valence-electron chi connectivity index (χ3n) is 4.14. The molecule has 3 rings (SSSR count). The van der Waals surface area contributed by atoms with Crippen molar-refractivity contribution in [2.24, 2.45) is 0 Å². The van der Waals surface area contributed by atoms with Crippen molar-refractivity contribution < 1.29 is 9.53 Å². The first-order chi connectivity index (χ1) is 12.1. The standard InChI is InChI=1S/C18H21BrN4O2/c1-12-9-17(23-7-3-4-8-23)22-16(21-12)11-20-18(24)14-10-13(25-2)5-6-15(14)19/h5-6,9-10H,3-4,7-8,11H2,1-2H3,(H,20,24). The van der Waals surface area contributed by atoms with Crippen LogP contribution in [0.5, 0.6) is 5.75 Å². The van der Waals surface area contributed by atoms with Gasteiger partial charge in [0.1, 0.15) is 17.4 Å². The zero-order chi connectivity index (χ0) is 17.8. The fourth-order valence-corrected chi connectivity index (χ4v) is 3.29. The summed E-state index contributed by atoms with van der Waals surface area (Å²) in [4.78, 5) is 23.8. The number of nitrogens with zero attached hydrogens (tertiary/aromatic N) is 3. The first kappa shape index (κ1) is 17.7. The van der Waals surface area contributed by atoms with E-state index in [2.05, 4.69) is 36.1 Å². The third kappa shape index (κ3) is 4.28. The second-order valence-electron chi connectivity index (χ2n) is 6.01. The van der Waals surface area contributed by atoms with E-state index in [1.54, 1.807) is 25.3 Å². The molecule has 0 atom stereocenters. The number of rotatable bonds is 5. The third-order valence-corrected chi connectivity index (χ3v) is 4.83. The van der Waals surface area contributed by atoms with Crippen molar-refractivity contribution in [3.8, 4) is 5.75 Å². The van der Waals surface area contributed by atoms with Gasteiger partial charge in [0, 0.05) is 29.3 Å². The van der Waals surface area contributed by atoms with Crippen molar-refractivity contribution in [1.29, 1.82) is 0 Å². The number of aryl methyl sites for hydroxylation is 1. The van der Waals surface area contributed by atoms with Gasteiger partial charge < -0.3 is 15.0 Å². The number of halogens is 1. The maximum atomic E-state index is 12.5. The lowest BCUT2D eigenvalue weighted by Gasteiger charge is -2.17. The minimum absolute atomic E-state index is 0.196. The molecular weight excluding hydrogens is 384 g/mol. The summed E-state index contributed by atoms with van der Waals surface area (Å²) in [6, 6.07) is 7.29. The number of carbonyl (C=O) groups excluding carboxylic acids is 1. The first-order valence-corrected chi connectivity index (χ1v) is 9.07. The summed E-state index contributed by atoms with van der Waals surface area (Å²) in [7, 11) is 1.57. The maximum Gasteiger partial charge on any atom is 0.252 e. The Morgan fingerprint density at radius 2 is 2.04 bits per heavy atom. The van der Waals surface area contributed by atoms with Crippen LogP contribution < -0.4 is 15.0 Å². The van der Waals surface area contributed by atoms with E-state index in [4.69, 9.17) is 4.74 Å². The normalized spacial score (nSPS) is 13.8. The van der Waals surface area contributed by atoms with Crippen LogP contribution in [0.4, 0.5) is 5.82 Å². The molecule has 132 valence electrons. The van der Waals surface area contributed by atoms with E-state index in [0.717, 1.165) is 24.6 Å². The van der Waals surface area contributed by atoms with Crippen molar-refractivity contribution in [2.75, 3.05) is 25.1 Å². The molecule has 0 spiro atoms. The highest BCUT2D eigenvalue weighted by Crippen LogP contribution is 2.22. The van der Waals surface area contributed by atoms with Crippen LogP contribution in [-0.4, -0.2) is 36.1 Å². The van der Waals surface area contributed by atoms with Crippen LogP contribution >= 0.6 is 15.9 Å².